The number of methoxy groups -OCH3 is 2. The molecular formula is C21H24N4O3S. The topological polar surface area (TPSA) is 77.4 Å². The lowest BCUT2D eigenvalue weighted by atomic mass is 10.1. The van der Waals surface area contributed by atoms with Gasteiger partial charge in [-0.05, 0) is 36.6 Å². The van der Waals surface area contributed by atoms with Gasteiger partial charge in [0.25, 0.3) is 0 Å². The number of hydrogen-bond acceptors (Lipinski definition) is 5. The second kappa shape index (κ2) is 9.99. The van der Waals surface area contributed by atoms with Gasteiger partial charge in [-0.25, -0.2) is 9.78 Å². The van der Waals surface area contributed by atoms with E-state index >= 15 is 0 Å². The van der Waals surface area contributed by atoms with Crippen molar-refractivity contribution in [2.24, 2.45) is 0 Å². The smallest absolute Gasteiger partial charge is 0.326 e. The van der Waals surface area contributed by atoms with Crippen LogP contribution >= 0.6 is 11.8 Å². The average Bonchev–Trinajstić information content (AvgIpc) is 3.14. The third-order valence-electron chi connectivity index (χ3n) is 4.29. The quantitative estimate of drug-likeness (QED) is 0.530. The molecule has 0 spiro atoms. The van der Waals surface area contributed by atoms with Crippen LogP contribution in [0.4, 0.5) is 16.4 Å². The molecule has 0 aliphatic carbocycles. The van der Waals surface area contributed by atoms with Crippen LogP contribution in [0, 0.1) is 0 Å². The van der Waals surface area contributed by atoms with Crippen LogP contribution in [-0.2, 0) is 11.3 Å². The largest absolute Gasteiger partial charge is 0.497 e. The maximum Gasteiger partial charge on any atom is 0.326 e. The number of anilines is 2. The van der Waals surface area contributed by atoms with Gasteiger partial charge in [-0.15, -0.1) is 11.8 Å². The monoisotopic (exact) mass is 412 g/mol. The Morgan fingerprint density at radius 1 is 1.14 bits per heavy atom. The molecule has 7 nitrogen and oxygen atoms in total. The molecule has 29 heavy (non-hydrogen) atoms. The lowest BCUT2D eigenvalue weighted by molar-refractivity contribution is 0.188. The zero-order valence-corrected chi connectivity index (χ0v) is 17.5. The fraction of sp³-hybridized carbons (Fsp3) is 0.238. The summed E-state index contributed by atoms with van der Waals surface area (Å²) in [5.74, 6) is 1.20. The minimum atomic E-state index is -0.357. The lowest BCUT2D eigenvalue weighted by Gasteiger charge is -2.13. The summed E-state index contributed by atoms with van der Waals surface area (Å²) >= 11 is 1.62. The van der Waals surface area contributed by atoms with Crippen molar-refractivity contribution in [2.75, 3.05) is 37.7 Å². The summed E-state index contributed by atoms with van der Waals surface area (Å²) in [6.07, 6.45) is 3.72. The number of nitrogens with zero attached hydrogens (tertiary/aromatic N) is 2. The number of urea groups is 1. The van der Waals surface area contributed by atoms with Crippen LogP contribution in [0.2, 0.25) is 0 Å². The van der Waals surface area contributed by atoms with Crippen LogP contribution in [0.25, 0.3) is 11.3 Å². The van der Waals surface area contributed by atoms with Gasteiger partial charge in [-0.2, -0.15) is 0 Å². The van der Waals surface area contributed by atoms with Crippen molar-refractivity contribution < 1.29 is 14.3 Å². The van der Waals surface area contributed by atoms with Gasteiger partial charge in [0.15, 0.2) is 0 Å². The predicted molar refractivity (Wildman–Crippen MR) is 117 cm³/mol. The van der Waals surface area contributed by atoms with Gasteiger partial charge in [0.05, 0.1) is 25.6 Å². The molecule has 0 aliphatic heterocycles. The van der Waals surface area contributed by atoms with E-state index < -0.39 is 0 Å². The van der Waals surface area contributed by atoms with Crippen molar-refractivity contribution in [3.63, 3.8) is 0 Å². The third kappa shape index (κ3) is 5.30. The molecule has 8 heteroatoms. The van der Waals surface area contributed by atoms with Crippen molar-refractivity contribution in [1.82, 2.24) is 9.55 Å². The van der Waals surface area contributed by atoms with E-state index in [1.54, 1.807) is 32.2 Å². The molecule has 0 radical (unpaired) electrons. The van der Waals surface area contributed by atoms with Crippen LogP contribution in [0.15, 0.2) is 59.6 Å². The van der Waals surface area contributed by atoms with Crippen LogP contribution in [-0.4, -0.2) is 42.7 Å². The van der Waals surface area contributed by atoms with Gasteiger partial charge in [-0.3, -0.25) is 5.32 Å². The number of aromatic nitrogens is 2. The Morgan fingerprint density at radius 3 is 2.72 bits per heavy atom. The van der Waals surface area contributed by atoms with Crippen molar-refractivity contribution in [1.29, 1.82) is 0 Å². The molecule has 0 bridgehead atoms. The average molecular weight is 413 g/mol. The minimum Gasteiger partial charge on any atom is -0.497 e. The molecule has 0 saturated heterocycles. The maximum absolute atomic E-state index is 12.5. The van der Waals surface area contributed by atoms with E-state index in [0.717, 1.165) is 27.6 Å². The van der Waals surface area contributed by atoms with Gasteiger partial charge in [0.2, 0.25) is 5.95 Å². The Labute approximate surface area is 174 Å². The Kier molecular flexibility index (Phi) is 7.15. The number of rotatable bonds is 8. The number of ether oxygens (including phenoxy) is 2. The zero-order valence-electron chi connectivity index (χ0n) is 16.6. The second-order valence-electron chi connectivity index (χ2n) is 6.15. The number of carbonyl (C=O) groups excluding carboxylic acids is 1. The molecule has 0 aliphatic rings. The Balaban J connectivity index is 1.82. The molecule has 152 valence electrons. The first-order valence-corrected chi connectivity index (χ1v) is 10.3. The fourth-order valence-electron chi connectivity index (χ4n) is 2.86. The molecule has 2 N–H and O–H groups in total. The van der Waals surface area contributed by atoms with E-state index in [1.165, 1.54) is 0 Å². The first kappa shape index (κ1) is 20.8. The number of carbonyl (C=O) groups is 1. The Hall–Kier alpha value is -2.97. The van der Waals surface area contributed by atoms with Crippen molar-refractivity contribution in [3.8, 4) is 17.0 Å². The van der Waals surface area contributed by atoms with Gasteiger partial charge in [0.1, 0.15) is 5.75 Å². The van der Waals surface area contributed by atoms with Gasteiger partial charge in [-0.1, -0.05) is 18.2 Å². The highest BCUT2D eigenvalue weighted by Crippen LogP contribution is 2.27. The number of imidazole rings is 1. The van der Waals surface area contributed by atoms with Crippen LogP contribution < -0.4 is 15.4 Å². The van der Waals surface area contributed by atoms with E-state index in [-0.39, 0.29) is 6.03 Å². The second-order valence-corrected chi connectivity index (χ2v) is 7.03. The minimum absolute atomic E-state index is 0.357. The predicted octanol–water partition coefficient (Wildman–Crippen LogP) is 4.57. The molecule has 0 saturated carbocycles. The van der Waals surface area contributed by atoms with Crippen LogP contribution in [0.5, 0.6) is 5.75 Å². The number of hydrogen-bond donors (Lipinski definition) is 2. The summed E-state index contributed by atoms with van der Waals surface area (Å²) in [6, 6.07) is 15.0. The summed E-state index contributed by atoms with van der Waals surface area (Å²) in [5, 5.41) is 5.68. The number of amides is 2. The third-order valence-corrected chi connectivity index (χ3v) is 5.02. The maximum atomic E-state index is 12.5. The molecule has 2 amide bonds. The van der Waals surface area contributed by atoms with Gasteiger partial charge >= 0.3 is 6.03 Å². The molecule has 2 aromatic carbocycles. The first-order chi connectivity index (χ1) is 14.1. The van der Waals surface area contributed by atoms with E-state index in [4.69, 9.17) is 9.47 Å². The summed E-state index contributed by atoms with van der Waals surface area (Å²) < 4.78 is 12.5. The number of thioether (sulfide) groups is 1. The molecular weight excluding hydrogens is 388 g/mol. The van der Waals surface area contributed by atoms with Gasteiger partial charge < -0.3 is 19.4 Å². The first-order valence-electron chi connectivity index (χ1n) is 9.05. The number of benzene rings is 2. The molecule has 0 atom stereocenters. The summed E-state index contributed by atoms with van der Waals surface area (Å²) in [4.78, 5) is 18.0. The lowest BCUT2D eigenvalue weighted by Crippen LogP contribution is -2.22. The molecule has 1 heterocycles. The molecule has 1 aromatic heterocycles. The molecule has 0 unspecified atom stereocenters. The van der Waals surface area contributed by atoms with Gasteiger partial charge in [0, 0.05) is 29.8 Å². The van der Waals surface area contributed by atoms with E-state index in [9.17, 15) is 4.79 Å². The Morgan fingerprint density at radius 2 is 1.97 bits per heavy atom. The summed E-state index contributed by atoms with van der Waals surface area (Å²) in [5.41, 5.74) is 2.52. The number of nitrogens with one attached hydrogen (secondary N) is 2. The van der Waals surface area contributed by atoms with Crippen molar-refractivity contribution >= 4 is 29.4 Å². The van der Waals surface area contributed by atoms with E-state index in [0.29, 0.717) is 19.1 Å². The normalized spacial score (nSPS) is 10.6. The summed E-state index contributed by atoms with van der Waals surface area (Å²) in [7, 11) is 3.27. The standard InChI is InChI=1S/C21H24N4O3S/c1-27-11-10-25-19(15-6-4-8-17(12-15)28-2)14-22-20(25)24-21(26)23-16-7-5-9-18(13-16)29-3/h4-9,12-14H,10-11H2,1-3H3,(H2,22,23,24,26). The highest BCUT2D eigenvalue weighted by Gasteiger charge is 2.15. The molecule has 3 aromatic rings. The van der Waals surface area contributed by atoms with E-state index in [1.807, 2.05) is 59.4 Å². The van der Waals surface area contributed by atoms with Crippen LogP contribution in [0.1, 0.15) is 0 Å². The fourth-order valence-corrected chi connectivity index (χ4v) is 3.32. The van der Waals surface area contributed by atoms with Crippen molar-refractivity contribution in [2.45, 2.75) is 11.4 Å². The molecule has 3 rings (SSSR count). The molecule has 0 fully saturated rings. The summed E-state index contributed by atoms with van der Waals surface area (Å²) in [6.45, 7) is 1.03. The zero-order chi connectivity index (χ0) is 20.6. The van der Waals surface area contributed by atoms with Crippen LogP contribution in [0.3, 0.4) is 0 Å². The SMILES string of the molecule is COCCn1c(-c2cccc(OC)c2)cnc1NC(=O)Nc1cccc(SC)c1. The Bertz CT molecular complexity index is 974. The highest BCUT2D eigenvalue weighted by molar-refractivity contribution is 7.98. The highest BCUT2D eigenvalue weighted by atomic mass is 32.2. The van der Waals surface area contributed by atoms with E-state index in [2.05, 4.69) is 15.6 Å². The van der Waals surface area contributed by atoms with Crippen molar-refractivity contribution in [3.05, 3.63) is 54.7 Å².